The maximum Gasteiger partial charge on any atom is 0.407 e. The molecule has 0 saturated heterocycles. The fourth-order valence-corrected chi connectivity index (χ4v) is 3.94. The van der Waals surface area contributed by atoms with Crippen molar-refractivity contribution in [3.05, 3.63) is 65.7 Å². The average Bonchev–Trinajstić information content (AvgIpc) is 2.94. The summed E-state index contributed by atoms with van der Waals surface area (Å²) in [6.07, 6.45) is -0.134. The number of rotatable bonds is 16. The number of esters is 1. The number of methoxy groups -OCH3 is 2. The van der Waals surface area contributed by atoms with Gasteiger partial charge in [0.15, 0.2) is 0 Å². The van der Waals surface area contributed by atoms with E-state index in [4.69, 9.17) is 14.2 Å². The number of carbonyl (C=O) groups excluding carboxylic acids is 3. The quantitative estimate of drug-likeness (QED) is 0.215. The Morgan fingerprint density at radius 2 is 1.54 bits per heavy atom. The summed E-state index contributed by atoms with van der Waals surface area (Å²) in [5.41, 5.74) is 1.54. The van der Waals surface area contributed by atoms with Crippen LogP contribution in [-0.2, 0) is 36.9 Å². The highest BCUT2D eigenvalue weighted by molar-refractivity contribution is 5.88. The predicted octanol–water partition coefficient (Wildman–Crippen LogP) is 3.09. The molecule has 2 aromatic carbocycles. The largest absolute Gasteiger partial charge is 0.497 e. The Labute approximate surface area is 246 Å². The highest BCUT2D eigenvalue weighted by Crippen LogP contribution is 2.14. The number of nitrogens with one attached hydrogen (secondary N) is 3. The summed E-state index contributed by atoms with van der Waals surface area (Å²) in [6.45, 7) is 3.99. The van der Waals surface area contributed by atoms with E-state index in [9.17, 15) is 24.3 Å². The second-order valence-electron chi connectivity index (χ2n) is 9.65. The van der Waals surface area contributed by atoms with Gasteiger partial charge in [-0.3, -0.25) is 14.9 Å². The molecule has 226 valence electrons. The second kappa shape index (κ2) is 18.5. The average molecular weight is 594 g/mol. The number of halogens is 1. The lowest BCUT2D eigenvalue weighted by atomic mass is 10.00. The molecule has 0 heterocycles. The molecule has 0 aliphatic rings. The number of hydrogen-bond acceptors (Lipinski definition) is 8. The third kappa shape index (κ3) is 12.9. The number of carbonyl (C=O) groups is 4. The predicted molar refractivity (Wildman–Crippen MR) is 155 cm³/mol. The molecule has 0 aromatic heterocycles. The maximum absolute atomic E-state index is 13.2. The van der Waals surface area contributed by atoms with Crippen molar-refractivity contribution in [2.24, 2.45) is 5.92 Å². The van der Waals surface area contributed by atoms with Gasteiger partial charge in [-0.15, -0.1) is 12.4 Å². The molecule has 2 amide bonds. The van der Waals surface area contributed by atoms with Gasteiger partial charge in [0.2, 0.25) is 5.91 Å². The van der Waals surface area contributed by atoms with Crippen molar-refractivity contribution < 1.29 is 38.5 Å². The number of alkyl carbamates (subject to hydrolysis) is 1. The SMILES string of the molecule is COC(=O)[C@@H](CCNC(=O)OCc1ccccc1)N[C@@H](CC(C)C)C(=O)N[C@@H](Cc1ccc(OC)cc1)C(=O)O.Cl. The minimum absolute atomic E-state index is 0. The van der Waals surface area contributed by atoms with E-state index >= 15 is 0 Å². The van der Waals surface area contributed by atoms with Crippen LogP contribution in [0.4, 0.5) is 4.79 Å². The van der Waals surface area contributed by atoms with Crippen LogP contribution in [0, 0.1) is 5.92 Å². The van der Waals surface area contributed by atoms with Crippen LogP contribution in [0.25, 0.3) is 0 Å². The Morgan fingerprint density at radius 3 is 2.10 bits per heavy atom. The molecule has 0 radical (unpaired) electrons. The molecule has 41 heavy (non-hydrogen) atoms. The number of ether oxygens (including phenoxy) is 3. The fourth-order valence-electron chi connectivity index (χ4n) is 3.94. The molecule has 2 rings (SSSR count). The Balaban J connectivity index is 0.00000840. The molecular weight excluding hydrogens is 554 g/mol. The Kier molecular flexibility index (Phi) is 15.9. The van der Waals surface area contributed by atoms with Crippen LogP contribution in [-0.4, -0.2) is 67.9 Å². The number of aliphatic carboxylic acids is 1. The summed E-state index contributed by atoms with van der Waals surface area (Å²) < 4.78 is 15.2. The van der Waals surface area contributed by atoms with E-state index in [1.165, 1.54) is 14.2 Å². The van der Waals surface area contributed by atoms with Gasteiger partial charge in [-0.1, -0.05) is 56.3 Å². The normalized spacial score (nSPS) is 12.7. The van der Waals surface area contributed by atoms with Crippen LogP contribution < -0.4 is 20.7 Å². The maximum atomic E-state index is 13.2. The van der Waals surface area contributed by atoms with Crippen LogP contribution in [0.3, 0.4) is 0 Å². The molecule has 12 heteroatoms. The van der Waals surface area contributed by atoms with Crippen molar-refractivity contribution in [2.75, 3.05) is 20.8 Å². The molecule has 4 N–H and O–H groups in total. The van der Waals surface area contributed by atoms with Gasteiger partial charge in [0.1, 0.15) is 24.4 Å². The van der Waals surface area contributed by atoms with Crippen LogP contribution in [0.15, 0.2) is 54.6 Å². The highest BCUT2D eigenvalue weighted by atomic mass is 35.5. The van der Waals surface area contributed by atoms with Gasteiger partial charge in [0.05, 0.1) is 20.3 Å². The Bertz CT molecular complexity index is 1100. The van der Waals surface area contributed by atoms with E-state index in [0.29, 0.717) is 17.7 Å². The van der Waals surface area contributed by atoms with Gasteiger partial charge in [-0.25, -0.2) is 9.59 Å². The van der Waals surface area contributed by atoms with Crippen molar-refractivity contribution in [3.63, 3.8) is 0 Å². The van der Waals surface area contributed by atoms with E-state index in [0.717, 1.165) is 5.56 Å². The van der Waals surface area contributed by atoms with Crippen molar-refractivity contribution in [2.45, 2.75) is 57.8 Å². The van der Waals surface area contributed by atoms with E-state index < -0.39 is 42.1 Å². The number of carboxylic acid groups (broad SMARTS) is 1. The van der Waals surface area contributed by atoms with Gasteiger partial charge in [-0.05, 0) is 42.0 Å². The van der Waals surface area contributed by atoms with Crippen molar-refractivity contribution in [3.8, 4) is 5.75 Å². The van der Waals surface area contributed by atoms with Crippen LogP contribution in [0.5, 0.6) is 5.75 Å². The van der Waals surface area contributed by atoms with E-state index in [1.807, 2.05) is 44.2 Å². The zero-order chi connectivity index (χ0) is 29.5. The first-order valence-corrected chi connectivity index (χ1v) is 13.1. The van der Waals surface area contributed by atoms with Gasteiger partial charge in [-0.2, -0.15) is 0 Å². The van der Waals surface area contributed by atoms with Crippen LogP contribution in [0.1, 0.15) is 37.8 Å². The lowest BCUT2D eigenvalue weighted by molar-refractivity contribution is -0.145. The minimum Gasteiger partial charge on any atom is -0.497 e. The molecule has 0 aliphatic carbocycles. The third-order valence-electron chi connectivity index (χ3n) is 6.04. The first-order valence-electron chi connectivity index (χ1n) is 13.1. The number of amides is 2. The fraction of sp³-hybridized carbons (Fsp3) is 0.448. The lowest BCUT2D eigenvalue weighted by Gasteiger charge is -2.26. The van der Waals surface area contributed by atoms with Crippen molar-refractivity contribution >= 4 is 36.3 Å². The van der Waals surface area contributed by atoms with Gasteiger partial charge < -0.3 is 30.0 Å². The molecule has 0 unspecified atom stereocenters. The van der Waals surface area contributed by atoms with Crippen molar-refractivity contribution in [1.82, 2.24) is 16.0 Å². The highest BCUT2D eigenvalue weighted by Gasteiger charge is 2.30. The summed E-state index contributed by atoms with van der Waals surface area (Å²) in [5.74, 6) is -1.67. The zero-order valence-corrected chi connectivity index (χ0v) is 24.6. The first-order chi connectivity index (χ1) is 19.1. The Hall–Kier alpha value is -3.83. The van der Waals surface area contributed by atoms with E-state index in [1.54, 1.807) is 24.3 Å². The molecule has 0 aliphatic heterocycles. The van der Waals surface area contributed by atoms with E-state index in [-0.39, 0.29) is 44.3 Å². The molecule has 2 aromatic rings. The molecule has 0 fully saturated rings. The first kappa shape index (κ1) is 35.2. The summed E-state index contributed by atoms with van der Waals surface area (Å²) in [7, 11) is 2.76. The summed E-state index contributed by atoms with van der Waals surface area (Å²) in [4.78, 5) is 49.8. The molecule has 3 atom stereocenters. The van der Waals surface area contributed by atoms with Crippen LogP contribution in [0.2, 0.25) is 0 Å². The molecule has 0 saturated carbocycles. The Morgan fingerprint density at radius 1 is 0.878 bits per heavy atom. The van der Waals surface area contributed by atoms with Crippen molar-refractivity contribution in [1.29, 1.82) is 0 Å². The minimum atomic E-state index is -1.19. The molecular formula is C29H40ClN3O8. The second-order valence-corrected chi connectivity index (χ2v) is 9.65. The van der Waals surface area contributed by atoms with E-state index in [2.05, 4.69) is 16.0 Å². The van der Waals surface area contributed by atoms with Gasteiger partial charge >= 0.3 is 18.0 Å². The third-order valence-corrected chi connectivity index (χ3v) is 6.04. The number of carboxylic acids is 1. The molecule has 11 nitrogen and oxygen atoms in total. The number of hydrogen-bond donors (Lipinski definition) is 4. The molecule has 0 spiro atoms. The number of benzene rings is 2. The smallest absolute Gasteiger partial charge is 0.407 e. The zero-order valence-electron chi connectivity index (χ0n) is 23.8. The van der Waals surface area contributed by atoms with Gasteiger partial charge in [0, 0.05) is 13.0 Å². The lowest BCUT2D eigenvalue weighted by Crippen LogP contribution is -2.55. The monoisotopic (exact) mass is 593 g/mol. The van der Waals surface area contributed by atoms with Gasteiger partial charge in [0.25, 0.3) is 0 Å². The summed E-state index contributed by atoms with van der Waals surface area (Å²) >= 11 is 0. The molecule has 0 bridgehead atoms. The topological polar surface area (TPSA) is 152 Å². The summed E-state index contributed by atoms with van der Waals surface area (Å²) in [6, 6.07) is 13.1. The summed E-state index contributed by atoms with van der Waals surface area (Å²) in [5, 5.41) is 17.9. The van der Waals surface area contributed by atoms with Crippen LogP contribution >= 0.6 is 12.4 Å². The standard InChI is InChI=1S/C29H39N3O8.ClH/c1-19(2)16-24(26(33)32-25(27(34)35)17-20-10-12-22(38-3)13-11-20)31-23(28(36)39-4)14-15-30-29(37)40-18-21-8-6-5-7-9-21;/h5-13,19,23-25,31H,14-18H2,1-4H3,(H,30,37)(H,32,33)(H,34,35);1H/t23-,24+,25+;/m1./s1.